The van der Waals surface area contributed by atoms with Gasteiger partial charge in [0.15, 0.2) is 6.61 Å². The topological polar surface area (TPSA) is 77.8 Å². The highest BCUT2D eigenvalue weighted by atomic mass is 19.4. The molecule has 4 rings (SSSR count). The van der Waals surface area contributed by atoms with Gasteiger partial charge in [-0.3, -0.25) is 9.59 Å². The van der Waals surface area contributed by atoms with Crippen molar-refractivity contribution in [1.82, 2.24) is 0 Å². The standard InChI is InChI=1S/C27H22F3NO5/c1-3-17-8-4-5-10-21(17)31-23(32)15-34-18-11-12-20-22(14-18)36-26(27(28,29)30)25(24(20)33)35-19-9-6-7-16(2)13-19/h4-14H,3,15H2,1-2H3,(H,31,32). The number of hydrogen-bond acceptors (Lipinski definition) is 5. The lowest BCUT2D eigenvalue weighted by Gasteiger charge is -2.14. The van der Waals surface area contributed by atoms with Crippen LogP contribution in [0.1, 0.15) is 23.8 Å². The summed E-state index contributed by atoms with van der Waals surface area (Å²) in [5.74, 6) is -2.83. The van der Waals surface area contributed by atoms with Crippen molar-refractivity contribution in [2.24, 2.45) is 0 Å². The fourth-order valence-corrected chi connectivity index (χ4v) is 3.61. The van der Waals surface area contributed by atoms with E-state index in [1.807, 2.05) is 19.1 Å². The van der Waals surface area contributed by atoms with Crippen LogP contribution in [0, 0.1) is 6.92 Å². The van der Waals surface area contributed by atoms with Crippen LogP contribution >= 0.6 is 0 Å². The van der Waals surface area contributed by atoms with E-state index in [1.54, 1.807) is 31.2 Å². The summed E-state index contributed by atoms with van der Waals surface area (Å²) >= 11 is 0. The number of hydrogen-bond donors (Lipinski definition) is 1. The van der Waals surface area contributed by atoms with Crippen molar-refractivity contribution in [2.75, 3.05) is 11.9 Å². The predicted molar refractivity (Wildman–Crippen MR) is 129 cm³/mol. The van der Waals surface area contributed by atoms with Gasteiger partial charge < -0.3 is 19.2 Å². The molecule has 0 saturated heterocycles. The van der Waals surface area contributed by atoms with E-state index < -0.39 is 35.6 Å². The Morgan fingerprint density at radius 3 is 2.50 bits per heavy atom. The second-order valence-electron chi connectivity index (χ2n) is 8.01. The molecule has 0 aliphatic carbocycles. The molecule has 0 fully saturated rings. The zero-order chi connectivity index (χ0) is 25.9. The summed E-state index contributed by atoms with van der Waals surface area (Å²) in [5.41, 5.74) is 1.01. The molecular weight excluding hydrogens is 475 g/mol. The van der Waals surface area contributed by atoms with E-state index in [1.165, 1.54) is 24.3 Å². The minimum absolute atomic E-state index is 0.0602. The highest BCUT2D eigenvalue weighted by Gasteiger charge is 2.40. The number of fused-ring (bicyclic) bond motifs is 1. The first kappa shape index (κ1) is 24.8. The molecular formula is C27H22F3NO5. The molecule has 0 spiro atoms. The molecule has 1 N–H and O–H groups in total. The lowest BCUT2D eigenvalue weighted by Crippen LogP contribution is -2.21. The van der Waals surface area contributed by atoms with Gasteiger partial charge in [0.1, 0.15) is 17.1 Å². The summed E-state index contributed by atoms with van der Waals surface area (Å²) in [6, 6.07) is 17.4. The molecule has 4 aromatic rings. The summed E-state index contributed by atoms with van der Waals surface area (Å²) in [6.45, 7) is 3.30. The van der Waals surface area contributed by atoms with Gasteiger partial charge >= 0.3 is 6.18 Å². The number of anilines is 1. The summed E-state index contributed by atoms with van der Waals surface area (Å²) in [6.07, 6.45) is -4.27. The number of benzene rings is 3. The molecule has 0 saturated carbocycles. The van der Waals surface area contributed by atoms with E-state index in [2.05, 4.69) is 5.32 Å². The Labute approximate surface area is 204 Å². The Morgan fingerprint density at radius 2 is 1.78 bits per heavy atom. The van der Waals surface area contributed by atoms with Gasteiger partial charge in [0, 0.05) is 11.8 Å². The fourth-order valence-electron chi connectivity index (χ4n) is 3.61. The van der Waals surface area contributed by atoms with E-state index in [0.29, 0.717) is 5.69 Å². The summed E-state index contributed by atoms with van der Waals surface area (Å²) < 4.78 is 57.1. The first-order chi connectivity index (χ1) is 17.2. The molecule has 0 radical (unpaired) electrons. The number of nitrogens with one attached hydrogen (secondary N) is 1. The molecule has 1 heterocycles. The van der Waals surface area contributed by atoms with Gasteiger partial charge in [-0.25, -0.2) is 0 Å². The third kappa shape index (κ3) is 5.51. The van der Waals surface area contributed by atoms with E-state index >= 15 is 0 Å². The Morgan fingerprint density at radius 1 is 1.00 bits per heavy atom. The second-order valence-corrected chi connectivity index (χ2v) is 8.01. The third-order valence-corrected chi connectivity index (χ3v) is 5.33. The van der Waals surface area contributed by atoms with Crippen LogP contribution in [0.5, 0.6) is 17.2 Å². The van der Waals surface area contributed by atoms with Crippen molar-refractivity contribution in [1.29, 1.82) is 0 Å². The number of alkyl halides is 3. The molecule has 9 heteroatoms. The maximum atomic E-state index is 13.8. The predicted octanol–water partition coefficient (Wildman–Crippen LogP) is 6.49. The average Bonchev–Trinajstić information content (AvgIpc) is 2.84. The number of aryl methyl sites for hydroxylation is 2. The van der Waals surface area contributed by atoms with Crippen molar-refractivity contribution < 1.29 is 31.9 Å². The van der Waals surface area contributed by atoms with Crippen LogP contribution < -0.4 is 20.2 Å². The number of para-hydroxylation sites is 1. The average molecular weight is 497 g/mol. The maximum absolute atomic E-state index is 13.8. The highest BCUT2D eigenvalue weighted by Crippen LogP contribution is 2.38. The Hall–Kier alpha value is -4.27. The lowest BCUT2D eigenvalue weighted by molar-refractivity contribution is -0.154. The van der Waals surface area contributed by atoms with Gasteiger partial charge in [0.25, 0.3) is 11.7 Å². The van der Waals surface area contributed by atoms with E-state index in [9.17, 15) is 22.8 Å². The Bertz CT molecular complexity index is 1480. The van der Waals surface area contributed by atoms with Crippen molar-refractivity contribution in [2.45, 2.75) is 26.4 Å². The normalized spacial score (nSPS) is 11.4. The third-order valence-electron chi connectivity index (χ3n) is 5.33. The van der Waals surface area contributed by atoms with Crippen LogP contribution in [0.3, 0.4) is 0 Å². The summed E-state index contributed by atoms with van der Waals surface area (Å²) in [4.78, 5) is 25.3. The SMILES string of the molecule is CCc1ccccc1NC(=O)COc1ccc2c(=O)c(Oc3cccc(C)c3)c(C(F)(F)F)oc2c1. The minimum atomic E-state index is -4.99. The molecule has 0 unspecified atom stereocenters. The zero-order valence-corrected chi connectivity index (χ0v) is 19.4. The zero-order valence-electron chi connectivity index (χ0n) is 19.4. The van der Waals surface area contributed by atoms with Crippen LogP contribution in [-0.4, -0.2) is 12.5 Å². The van der Waals surface area contributed by atoms with Crippen molar-refractivity contribution in [3.63, 3.8) is 0 Å². The van der Waals surface area contributed by atoms with Gasteiger partial charge in [-0.15, -0.1) is 0 Å². The molecule has 6 nitrogen and oxygen atoms in total. The second kappa shape index (κ2) is 10.2. The molecule has 1 amide bonds. The smallest absolute Gasteiger partial charge is 0.453 e. The number of carbonyl (C=O) groups excluding carboxylic acids is 1. The molecule has 3 aromatic carbocycles. The quantitative estimate of drug-likeness (QED) is 0.316. The number of carbonyl (C=O) groups is 1. The Balaban J connectivity index is 1.60. The first-order valence-electron chi connectivity index (χ1n) is 11.1. The van der Waals surface area contributed by atoms with Crippen LogP contribution in [-0.2, 0) is 17.4 Å². The van der Waals surface area contributed by atoms with Gasteiger partial charge in [-0.1, -0.05) is 37.3 Å². The van der Waals surface area contributed by atoms with Gasteiger partial charge in [0.05, 0.1) is 5.39 Å². The number of ether oxygens (including phenoxy) is 2. The molecule has 0 aliphatic rings. The molecule has 36 heavy (non-hydrogen) atoms. The van der Waals surface area contributed by atoms with Crippen LogP contribution in [0.25, 0.3) is 11.0 Å². The monoisotopic (exact) mass is 497 g/mol. The largest absolute Gasteiger partial charge is 0.484 e. The van der Waals surface area contributed by atoms with Gasteiger partial charge in [0.2, 0.25) is 11.2 Å². The summed E-state index contributed by atoms with van der Waals surface area (Å²) in [7, 11) is 0. The van der Waals surface area contributed by atoms with Crippen LogP contribution in [0.4, 0.5) is 18.9 Å². The number of halogens is 3. The van der Waals surface area contributed by atoms with E-state index in [-0.39, 0.29) is 22.5 Å². The maximum Gasteiger partial charge on any atom is 0.453 e. The van der Waals surface area contributed by atoms with Gasteiger partial charge in [-0.05, 0) is 54.8 Å². The number of amides is 1. The highest BCUT2D eigenvalue weighted by molar-refractivity contribution is 5.92. The number of rotatable bonds is 7. The van der Waals surface area contributed by atoms with Crippen molar-refractivity contribution >= 4 is 22.6 Å². The fraction of sp³-hybridized carbons (Fsp3) is 0.185. The van der Waals surface area contributed by atoms with Crippen LogP contribution in [0.15, 0.2) is 75.9 Å². The van der Waals surface area contributed by atoms with Crippen molar-refractivity contribution in [3.8, 4) is 17.2 Å². The summed E-state index contributed by atoms with van der Waals surface area (Å²) in [5, 5.41) is 2.61. The molecule has 0 bridgehead atoms. The van der Waals surface area contributed by atoms with Crippen LogP contribution in [0.2, 0.25) is 0 Å². The van der Waals surface area contributed by atoms with E-state index in [4.69, 9.17) is 13.9 Å². The van der Waals surface area contributed by atoms with E-state index in [0.717, 1.165) is 23.6 Å². The minimum Gasteiger partial charge on any atom is -0.484 e. The molecule has 186 valence electrons. The lowest BCUT2D eigenvalue weighted by atomic mass is 10.1. The van der Waals surface area contributed by atoms with Crippen molar-refractivity contribution in [3.05, 3.63) is 93.8 Å². The first-order valence-corrected chi connectivity index (χ1v) is 11.1. The molecule has 1 aromatic heterocycles. The Kier molecular flexibility index (Phi) is 7.00. The van der Waals surface area contributed by atoms with Gasteiger partial charge in [-0.2, -0.15) is 13.2 Å². The molecule has 0 aliphatic heterocycles. The molecule has 0 atom stereocenters.